The number of nitrogens with zero attached hydrogens (tertiary/aromatic N) is 2. The van der Waals surface area contributed by atoms with Gasteiger partial charge < -0.3 is 15.3 Å². The molecule has 1 aliphatic heterocycles. The lowest BCUT2D eigenvalue weighted by Gasteiger charge is -2.42. The predicted molar refractivity (Wildman–Crippen MR) is 91.9 cm³/mol. The molecule has 2 atom stereocenters. The number of aliphatic carboxylic acids is 1. The number of urea groups is 1. The van der Waals surface area contributed by atoms with Gasteiger partial charge in [-0.05, 0) is 37.1 Å². The number of benzene rings is 1. The minimum atomic E-state index is -0.707. The Labute approximate surface area is 146 Å². The topological polar surface area (TPSA) is 72.9 Å². The summed E-state index contributed by atoms with van der Waals surface area (Å²) >= 11 is 0. The summed E-state index contributed by atoms with van der Waals surface area (Å²) in [5.74, 6) is -1.35. The van der Waals surface area contributed by atoms with Crippen LogP contribution in [0.4, 0.5) is 14.9 Å². The maximum absolute atomic E-state index is 12.9. The first-order valence-electron chi connectivity index (χ1n) is 8.83. The third-order valence-electron chi connectivity index (χ3n) is 5.21. The number of carbonyl (C=O) groups excluding carboxylic acids is 1. The average Bonchev–Trinajstić information content (AvgIpc) is 2.63. The SMILES string of the molecule is O=C(O)C1CCCCC1N1CCN(C(=O)Nc2ccc(F)cc2)CC1. The lowest BCUT2D eigenvalue weighted by Crippen LogP contribution is -2.55. The molecule has 0 aromatic heterocycles. The molecule has 2 amide bonds. The molecule has 0 bridgehead atoms. The van der Waals surface area contributed by atoms with Crippen molar-refractivity contribution in [3.63, 3.8) is 0 Å². The molecule has 7 heteroatoms. The molecule has 2 unspecified atom stereocenters. The summed E-state index contributed by atoms with van der Waals surface area (Å²) in [6, 6.07) is 5.55. The van der Waals surface area contributed by atoms with Crippen LogP contribution in [0.15, 0.2) is 24.3 Å². The summed E-state index contributed by atoms with van der Waals surface area (Å²) in [6.07, 6.45) is 3.71. The number of carbonyl (C=O) groups is 2. The Morgan fingerprint density at radius 3 is 2.32 bits per heavy atom. The van der Waals surface area contributed by atoms with Crippen molar-refractivity contribution in [3.05, 3.63) is 30.1 Å². The van der Waals surface area contributed by atoms with E-state index in [-0.39, 0.29) is 23.8 Å². The van der Waals surface area contributed by atoms with Gasteiger partial charge in [-0.15, -0.1) is 0 Å². The molecule has 2 aliphatic rings. The van der Waals surface area contributed by atoms with Gasteiger partial charge in [0.1, 0.15) is 5.82 Å². The molecule has 2 fully saturated rings. The quantitative estimate of drug-likeness (QED) is 0.880. The number of hydrogen-bond donors (Lipinski definition) is 2. The van der Waals surface area contributed by atoms with Gasteiger partial charge in [0.2, 0.25) is 0 Å². The number of amides is 2. The van der Waals surface area contributed by atoms with Crippen molar-refractivity contribution in [2.75, 3.05) is 31.5 Å². The Morgan fingerprint density at radius 2 is 1.68 bits per heavy atom. The van der Waals surface area contributed by atoms with Crippen LogP contribution in [0.1, 0.15) is 25.7 Å². The van der Waals surface area contributed by atoms with Crippen molar-refractivity contribution < 1.29 is 19.1 Å². The van der Waals surface area contributed by atoms with Gasteiger partial charge in [0.05, 0.1) is 5.92 Å². The average molecular weight is 349 g/mol. The Morgan fingerprint density at radius 1 is 1.04 bits per heavy atom. The van der Waals surface area contributed by atoms with Crippen LogP contribution in [0.3, 0.4) is 0 Å². The lowest BCUT2D eigenvalue weighted by molar-refractivity contribution is -0.146. The van der Waals surface area contributed by atoms with E-state index >= 15 is 0 Å². The van der Waals surface area contributed by atoms with Crippen LogP contribution in [0.2, 0.25) is 0 Å². The van der Waals surface area contributed by atoms with Crippen molar-refractivity contribution in [1.82, 2.24) is 9.80 Å². The van der Waals surface area contributed by atoms with E-state index in [9.17, 15) is 19.1 Å². The molecule has 6 nitrogen and oxygen atoms in total. The molecule has 3 rings (SSSR count). The van der Waals surface area contributed by atoms with Crippen LogP contribution in [-0.2, 0) is 4.79 Å². The number of piperazine rings is 1. The van der Waals surface area contributed by atoms with Crippen molar-refractivity contribution in [2.24, 2.45) is 5.92 Å². The standard InChI is InChI=1S/C18H24FN3O3/c19-13-5-7-14(8-6-13)20-18(25)22-11-9-21(10-12-22)16-4-2-1-3-15(16)17(23)24/h5-8,15-16H,1-4,9-12H2,(H,20,25)(H,23,24). The van der Waals surface area contributed by atoms with Crippen LogP contribution in [0.25, 0.3) is 0 Å². The predicted octanol–water partition coefficient (Wildman–Crippen LogP) is 2.62. The Balaban J connectivity index is 1.53. The van der Waals surface area contributed by atoms with Crippen molar-refractivity contribution in [1.29, 1.82) is 0 Å². The molecule has 1 heterocycles. The van der Waals surface area contributed by atoms with E-state index in [2.05, 4.69) is 10.2 Å². The lowest BCUT2D eigenvalue weighted by atomic mass is 9.83. The van der Waals surface area contributed by atoms with E-state index in [1.165, 1.54) is 24.3 Å². The highest BCUT2D eigenvalue weighted by atomic mass is 19.1. The number of carboxylic acids is 1. The molecule has 1 saturated carbocycles. The van der Waals surface area contributed by atoms with Gasteiger partial charge in [-0.3, -0.25) is 9.69 Å². The Bertz CT molecular complexity index is 614. The van der Waals surface area contributed by atoms with Gasteiger partial charge in [-0.2, -0.15) is 0 Å². The Kier molecular flexibility index (Phi) is 5.53. The first kappa shape index (κ1) is 17.7. The van der Waals surface area contributed by atoms with E-state index in [1.54, 1.807) is 4.90 Å². The molecule has 2 N–H and O–H groups in total. The van der Waals surface area contributed by atoms with Crippen molar-refractivity contribution in [3.8, 4) is 0 Å². The smallest absolute Gasteiger partial charge is 0.321 e. The third kappa shape index (κ3) is 4.28. The molecule has 25 heavy (non-hydrogen) atoms. The van der Waals surface area contributed by atoms with Crippen LogP contribution >= 0.6 is 0 Å². The van der Waals surface area contributed by atoms with Crippen molar-refractivity contribution in [2.45, 2.75) is 31.7 Å². The maximum atomic E-state index is 12.9. The van der Waals surface area contributed by atoms with Gasteiger partial charge >= 0.3 is 12.0 Å². The Hall–Kier alpha value is -2.15. The normalized spacial score (nSPS) is 24.8. The second-order valence-corrected chi connectivity index (χ2v) is 6.76. The van der Waals surface area contributed by atoms with Crippen LogP contribution < -0.4 is 5.32 Å². The van der Waals surface area contributed by atoms with Gasteiger partial charge in [0.15, 0.2) is 0 Å². The minimum absolute atomic E-state index is 0.0774. The molecular weight excluding hydrogens is 325 g/mol. The fourth-order valence-electron chi connectivity index (χ4n) is 3.83. The molecule has 136 valence electrons. The monoisotopic (exact) mass is 349 g/mol. The largest absolute Gasteiger partial charge is 0.481 e. The summed E-state index contributed by atoms with van der Waals surface area (Å²) in [5.41, 5.74) is 0.562. The summed E-state index contributed by atoms with van der Waals surface area (Å²) in [6.45, 7) is 2.50. The summed E-state index contributed by atoms with van der Waals surface area (Å²) in [5, 5.41) is 12.2. The van der Waals surface area contributed by atoms with E-state index < -0.39 is 5.97 Å². The molecular formula is C18H24FN3O3. The second kappa shape index (κ2) is 7.82. The first-order chi connectivity index (χ1) is 12.0. The molecule has 1 aliphatic carbocycles. The number of anilines is 1. The highest BCUT2D eigenvalue weighted by molar-refractivity contribution is 5.89. The maximum Gasteiger partial charge on any atom is 0.321 e. The first-order valence-corrected chi connectivity index (χ1v) is 8.83. The molecule has 1 aromatic rings. The fraction of sp³-hybridized carbons (Fsp3) is 0.556. The van der Waals surface area contributed by atoms with Crippen LogP contribution in [-0.4, -0.2) is 59.1 Å². The van der Waals surface area contributed by atoms with Crippen molar-refractivity contribution >= 4 is 17.7 Å². The van der Waals surface area contributed by atoms with E-state index in [1.807, 2.05) is 0 Å². The molecule has 1 aromatic carbocycles. The third-order valence-corrected chi connectivity index (χ3v) is 5.21. The fourth-order valence-corrected chi connectivity index (χ4v) is 3.83. The van der Waals surface area contributed by atoms with E-state index in [0.717, 1.165) is 25.7 Å². The van der Waals surface area contributed by atoms with Crippen LogP contribution in [0, 0.1) is 11.7 Å². The van der Waals surface area contributed by atoms with Crippen LogP contribution in [0.5, 0.6) is 0 Å². The van der Waals surface area contributed by atoms with Gasteiger partial charge in [-0.1, -0.05) is 12.8 Å². The number of rotatable bonds is 3. The number of halogens is 1. The number of nitrogens with one attached hydrogen (secondary N) is 1. The van der Waals surface area contributed by atoms with E-state index in [4.69, 9.17) is 0 Å². The number of hydrogen-bond acceptors (Lipinski definition) is 3. The summed E-state index contributed by atoms with van der Waals surface area (Å²) in [7, 11) is 0. The highest BCUT2D eigenvalue weighted by Gasteiger charge is 2.36. The minimum Gasteiger partial charge on any atom is -0.481 e. The van der Waals surface area contributed by atoms with Gasteiger partial charge in [0, 0.05) is 37.9 Å². The molecule has 0 radical (unpaired) electrons. The summed E-state index contributed by atoms with van der Waals surface area (Å²) < 4.78 is 12.9. The zero-order valence-electron chi connectivity index (χ0n) is 14.2. The van der Waals surface area contributed by atoms with Gasteiger partial charge in [0.25, 0.3) is 0 Å². The van der Waals surface area contributed by atoms with Gasteiger partial charge in [-0.25, -0.2) is 9.18 Å². The summed E-state index contributed by atoms with van der Waals surface area (Å²) in [4.78, 5) is 27.7. The zero-order chi connectivity index (χ0) is 17.8. The van der Waals surface area contributed by atoms with E-state index in [0.29, 0.717) is 31.9 Å². The molecule has 1 saturated heterocycles. The number of carboxylic acid groups (broad SMARTS) is 1. The second-order valence-electron chi connectivity index (χ2n) is 6.76. The zero-order valence-corrected chi connectivity index (χ0v) is 14.2. The molecule has 0 spiro atoms. The highest BCUT2D eigenvalue weighted by Crippen LogP contribution is 2.29.